The Morgan fingerprint density at radius 2 is 2.18 bits per heavy atom. The van der Waals surface area contributed by atoms with Crippen molar-refractivity contribution >= 4 is 0 Å². The summed E-state index contributed by atoms with van der Waals surface area (Å²) in [6, 6.07) is 0. The molecular formula is C13H29N3O. The van der Waals surface area contributed by atoms with Crippen LogP contribution in [0.25, 0.3) is 0 Å². The van der Waals surface area contributed by atoms with E-state index in [0.717, 1.165) is 39.2 Å². The first kappa shape index (κ1) is 14.9. The highest BCUT2D eigenvalue weighted by Gasteiger charge is 2.29. The summed E-state index contributed by atoms with van der Waals surface area (Å²) in [6.45, 7) is 12.4. The van der Waals surface area contributed by atoms with Crippen LogP contribution in [-0.2, 0) is 4.74 Å². The minimum atomic E-state index is 0.0951. The maximum Gasteiger partial charge on any atom is 0.0829 e. The van der Waals surface area contributed by atoms with Crippen molar-refractivity contribution in [3.63, 3.8) is 0 Å². The lowest BCUT2D eigenvalue weighted by Gasteiger charge is -2.41. The van der Waals surface area contributed by atoms with E-state index in [-0.39, 0.29) is 5.54 Å². The molecule has 0 bridgehead atoms. The van der Waals surface area contributed by atoms with Crippen molar-refractivity contribution in [1.82, 2.24) is 9.80 Å². The molecule has 0 aliphatic carbocycles. The van der Waals surface area contributed by atoms with Crippen LogP contribution in [0.2, 0.25) is 0 Å². The molecule has 2 atom stereocenters. The van der Waals surface area contributed by atoms with Crippen molar-refractivity contribution in [2.45, 2.75) is 38.8 Å². The van der Waals surface area contributed by atoms with Gasteiger partial charge in [0, 0.05) is 31.7 Å². The quantitative estimate of drug-likeness (QED) is 0.748. The Kier molecular flexibility index (Phi) is 5.86. The predicted octanol–water partition coefficient (Wildman–Crippen LogP) is 0.766. The van der Waals surface area contributed by atoms with Crippen molar-refractivity contribution in [2.75, 3.05) is 46.4 Å². The van der Waals surface area contributed by atoms with Gasteiger partial charge in [-0.25, -0.2) is 0 Å². The predicted molar refractivity (Wildman–Crippen MR) is 72.2 cm³/mol. The van der Waals surface area contributed by atoms with Crippen LogP contribution in [-0.4, -0.2) is 67.8 Å². The Labute approximate surface area is 106 Å². The average Bonchev–Trinajstić information content (AvgIpc) is 2.37. The molecule has 2 N–H and O–H groups in total. The molecule has 0 radical (unpaired) electrons. The van der Waals surface area contributed by atoms with Gasteiger partial charge in [-0.2, -0.15) is 0 Å². The fourth-order valence-electron chi connectivity index (χ4n) is 2.27. The molecule has 0 saturated carbocycles. The average molecular weight is 243 g/mol. The van der Waals surface area contributed by atoms with E-state index in [1.54, 1.807) is 0 Å². The van der Waals surface area contributed by atoms with Crippen LogP contribution in [0.4, 0.5) is 0 Å². The second kappa shape index (κ2) is 6.69. The van der Waals surface area contributed by atoms with Crippen molar-refractivity contribution in [3.05, 3.63) is 0 Å². The summed E-state index contributed by atoms with van der Waals surface area (Å²) in [7, 11) is 2.16. The van der Waals surface area contributed by atoms with Crippen molar-refractivity contribution in [3.8, 4) is 0 Å². The number of likely N-dealkylation sites (N-methyl/N-ethyl adjacent to an activating group) is 2. The second-order valence-corrected chi connectivity index (χ2v) is 5.32. The molecule has 1 saturated heterocycles. The molecule has 2 unspecified atom stereocenters. The zero-order chi connectivity index (χ0) is 12.9. The van der Waals surface area contributed by atoms with Gasteiger partial charge < -0.3 is 10.5 Å². The fraction of sp³-hybridized carbons (Fsp3) is 1.00. The largest absolute Gasteiger partial charge is 0.374 e. The summed E-state index contributed by atoms with van der Waals surface area (Å²) in [5, 5.41) is 0. The molecular weight excluding hydrogens is 214 g/mol. The zero-order valence-electron chi connectivity index (χ0n) is 11.9. The molecule has 4 nitrogen and oxygen atoms in total. The van der Waals surface area contributed by atoms with Crippen LogP contribution in [0.3, 0.4) is 0 Å². The van der Waals surface area contributed by atoms with Gasteiger partial charge in [0.1, 0.15) is 0 Å². The highest BCUT2D eigenvalue weighted by Crippen LogP contribution is 2.17. The third-order valence-corrected chi connectivity index (χ3v) is 4.27. The topological polar surface area (TPSA) is 41.7 Å². The number of morpholine rings is 1. The first-order valence-corrected chi connectivity index (χ1v) is 6.81. The molecule has 17 heavy (non-hydrogen) atoms. The summed E-state index contributed by atoms with van der Waals surface area (Å²) in [4.78, 5) is 4.81. The van der Waals surface area contributed by atoms with Gasteiger partial charge in [0.15, 0.2) is 0 Å². The summed E-state index contributed by atoms with van der Waals surface area (Å²) >= 11 is 0. The van der Waals surface area contributed by atoms with E-state index >= 15 is 0 Å². The van der Waals surface area contributed by atoms with Crippen LogP contribution in [0, 0.1) is 0 Å². The van der Waals surface area contributed by atoms with E-state index in [1.807, 2.05) is 0 Å². The first-order valence-electron chi connectivity index (χ1n) is 6.81. The van der Waals surface area contributed by atoms with Crippen molar-refractivity contribution < 1.29 is 4.74 Å². The van der Waals surface area contributed by atoms with Crippen LogP contribution in [0.5, 0.6) is 0 Å². The van der Waals surface area contributed by atoms with Gasteiger partial charge >= 0.3 is 0 Å². The van der Waals surface area contributed by atoms with Crippen LogP contribution < -0.4 is 5.73 Å². The van der Waals surface area contributed by atoms with Gasteiger partial charge in [-0.1, -0.05) is 13.8 Å². The Balaban J connectivity index is 2.47. The Bertz CT molecular complexity index is 219. The summed E-state index contributed by atoms with van der Waals surface area (Å²) in [5.41, 5.74) is 5.98. The van der Waals surface area contributed by atoms with E-state index < -0.39 is 0 Å². The second-order valence-electron chi connectivity index (χ2n) is 5.32. The molecule has 1 rings (SSSR count). The molecule has 1 aliphatic rings. The summed E-state index contributed by atoms with van der Waals surface area (Å²) in [5.74, 6) is 0. The Morgan fingerprint density at radius 1 is 1.47 bits per heavy atom. The molecule has 1 fully saturated rings. The molecule has 0 aromatic carbocycles. The van der Waals surface area contributed by atoms with E-state index in [9.17, 15) is 0 Å². The maximum absolute atomic E-state index is 5.88. The van der Waals surface area contributed by atoms with Gasteiger partial charge in [-0.05, 0) is 26.9 Å². The van der Waals surface area contributed by atoms with Gasteiger partial charge in [0.2, 0.25) is 0 Å². The molecule has 0 aromatic rings. The van der Waals surface area contributed by atoms with Crippen LogP contribution in [0.1, 0.15) is 27.2 Å². The number of hydrogen-bond acceptors (Lipinski definition) is 4. The molecule has 0 spiro atoms. The smallest absolute Gasteiger partial charge is 0.0829 e. The lowest BCUT2D eigenvalue weighted by atomic mass is 9.96. The fourth-order valence-corrected chi connectivity index (χ4v) is 2.27. The van der Waals surface area contributed by atoms with Gasteiger partial charge in [0.25, 0.3) is 0 Å². The number of nitrogens with two attached hydrogens (primary N) is 1. The number of hydrogen-bond donors (Lipinski definition) is 1. The van der Waals surface area contributed by atoms with Crippen molar-refractivity contribution in [1.29, 1.82) is 0 Å². The van der Waals surface area contributed by atoms with Crippen LogP contribution >= 0.6 is 0 Å². The van der Waals surface area contributed by atoms with E-state index in [2.05, 4.69) is 37.6 Å². The number of rotatable bonds is 6. The molecule has 1 aliphatic heterocycles. The lowest BCUT2D eigenvalue weighted by Crippen LogP contribution is -2.54. The van der Waals surface area contributed by atoms with Gasteiger partial charge in [-0.3, -0.25) is 9.80 Å². The SMILES string of the molecule is CCN1CCOC(CN(C)C(C)(CC)CN)C1. The van der Waals surface area contributed by atoms with Gasteiger partial charge in [0.05, 0.1) is 12.7 Å². The minimum Gasteiger partial charge on any atom is -0.374 e. The monoisotopic (exact) mass is 243 g/mol. The summed E-state index contributed by atoms with van der Waals surface area (Å²) < 4.78 is 5.84. The summed E-state index contributed by atoms with van der Waals surface area (Å²) in [6.07, 6.45) is 1.40. The highest BCUT2D eigenvalue weighted by atomic mass is 16.5. The normalized spacial score (nSPS) is 26.1. The standard InChI is InChI=1S/C13H29N3O/c1-5-13(3,11-14)15(4)9-12-10-16(6-2)7-8-17-12/h12H,5-11,14H2,1-4H3. The first-order chi connectivity index (χ1) is 8.05. The Morgan fingerprint density at radius 3 is 2.71 bits per heavy atom. The van der Waals surface area contributed by atoms with E-state index in [0.29, 0.717) is 12.6 Å². The Hall–Kier alpha value is -0.160. The minimum absolute atomic E-state index is 0.0951. The van der Waals surface area contributed by atoms with E-state index in [1.165, 1.54) is 0 Å². The molecule has 1 heterocycles. The third-order valence-electron chi connectivity index (χ3n) is 4.27. The lowest BCUT2D eigenvalue weighted by molar-refractivity contribution is -0.0513. The molecule has 102 valence electrons. The molecule has 0 aromatic heterocycles. The van der Waals surface area contributed by atoms with Crippen LogP contribution in [0.15, 0.2) is 0 Å². The highest BCUT2D eigenvalue weighted by molar-refractivity contribution is 4.86. The molecule has 0 amide bonds. The van der Waals surface area contributed by atoms with Crippen molar-refractivity contribution in [2.24, 2.45) is 5.73 Å². The van der Waals surface area contributed by atoms with Gasteiger partial charge in [-0.15, -0.1) is 0 Å². The number of ether oxygens (including phenoxy) is 1. The number of nitrogens with zero attached hydrogens (tertiary/aromatic N) is 2. The molecule has 4 heteroatoms. The zero-order valence-corrected chi connectivity index (χ0v) is 11.9. The maximum atomic E-state index is 5.88. The van der Waals surface area contributed by atoms with E-state index in [4.69, 9.17) is 10.5 Å². The third kappa shape index (κ3) is 3.91.